The Hall–Kier alpha value is -3.65. The molecule has 40 heavy (non-hydrogen) atoms. The van der Waals surface area contributed by atoms with Crippen molar-refractivity contribution in [2.75, 3.05) is 7.11 Å². The van der Waals surface area contributed by atoms with Crippen LogP contribution in [0.15, 0.2) is 60.0 Å². The molecule has 0 aliphatic carbocycles. The van der Waals surface area contributed by atoms with Crippen LogP contribution in [0.1, 0.15) is 79.6 Å². The summed E-state index contributed by atoms with van der Waals surface area (Å²) in [5.41, 5.74) is 3.30. The number of hydrogen-bond donors (Lipinski definition) is 2. The number of methoxy groups -OCH3 is 1. The number of amides is 2. The van der Waals surface area contributed by atoms with Gasteiger partial charge in [-0.05, 0) is 72.5 Å². The molecular weight excluding hydrogens is 520 g/mol. The van der Waals surface area contributed by atoms with Gasteiger partial charge >= 0.3 is 0 Å². The molecule has 2 aromatic carbocycles. The fourth-order valence-electron chi connectivity index (χ4n) is 5.05. The van der Waals surface area contributed by atoms with E-state index in [4.69, 9.17) is 9.72 Å². The monoisotopic (exact) mass is 560 g/mol. The van der Waals surface area contributed by atoms with Gasteiger partial charge < -0.3 is 19.9 Å². The van der Waals surface area contributed by atoms with Crippen LogP contribution in [0.2, 0.25) is 0 Å². The van der Waals surface area contributed by atoms with Gasteiger partial charge in [-0.25, -0.2) is 4.98 Å². The average molecular weight is 561 g/mol. The number of nitrogens with zero attached hydrogens (tertiary/aromatic N) is 2. The van der Waals surface area contributed by atoms with Gasteiger partial charge in [-0.3, -0.25) is 9.59 Å². The van der Waals surface area contributed by atoms with Gasteiger partial charge in [0.15, 0.2) is 0 Å². The Morgan fingerprint density at radius 3 is 2.42 bits per heavy atom. The molecule has 7 nitrogen and oxygen atoms in total. The van der Waals surface area contributed by atoms with Crippen LogP contribution in [0.5, 0.6) is 5.75 Å². The number of hydrogen-bond acceptors (Lipinski definition) is 5. The maximum absolute atomic E-state index is 13.4. The van der Waals surface area contributed by atoms with E-state index in [-0.39, 0.29) is 17.7 Å². The molecule has 0 aliphatic rings. The van der Waals surface area contributed by atoms with Crippen molar-refractivity contribution in [2.24, 2.45) is 5.92 Å². The van der Waals surface area contributed by atoms with Crippen LogP contribution < -0.4 is 15.4 Å². The first kappa shape index (κ1) is 29.3. The van der Waals surface area contributed by atoms with E-state index < -0.39 is 6.04 Å². The number of aromatic nitrogens is 2. The summed E-state index contributed by atoms with van der Waals surface area (Å²) < 4.78 is 7.54. The molecule has 0 aliphatic heterocycles. The van der Waals surface area contributed by atoms with Crippen LogP contribution in [0.4, 0.5) is 0 Å². The minimum atomic E-state index is -0.641. The number of fused-ring (bicyclic) bond motifs is 1. The number of nitrogens with one attached hydrogen (secondary N) is 2. The summed E-state index contributed by atoms with van der Waals surface area (Å²) in [6.07, 6.45) is 3.31. The Kier molecular flexibility index (Phi) is 9.98. The van der Waals surface area contributed by atoms with E-state index in [0.29, 0.717) is 24.6 Å². The lowest BCUT2D eigenvalue weighted by atomic mass is 10.0. The molecule has 0 spiro atoms. The van der Waals surface area contributed by atoms with Crippen molar-refractivity contribution in [2.45, 2.75) is 72.0 Å². The van der Waals surface area contributed by atoms with Gasteiger partial charge in [-0.15, -0.1) is 11.3 Å². The Balaban J connectivity index is 1.53. The molecule has 4 aromatic rings. The van der Waals surface area contributed by atoms with Crippen LogP contribution >= 0.6 is 11.3 Å². The topological polar surface area (TPSA) is 85.2 Å². The second-order valence-electron chi connectivity index (χ2n) is 10.5. The molecule has 212 valence electrons. The van der Waals surface area contributed by atoms with E-state index in [1.54, 1.807) is 18.4 Å². The number of thiophene rings is 1. The highest BCUT2D eigenvalue weighted by Gasteiger charge is 2.24. The molecule has 2 N–H and O–H groups in total. The smallest absolute Gasteiger partial charge is 0.252 e. The summed E-state index contributed by atoms with van der Waals surface area (Å²) in [5, 5.41) is 8.04. The van der Waals surface area contributed by atoms with Crippen molar-refractivity contribution in [3.05, 3.63) is 81.8 Å². The van der Waals surface area contributed by atoms with Crippen molar-refractivity contribution in [3.63, 3.8) is 0 Å². The minimum absolute atomic E-state index is 0.199. The molecule has 1 atom stereocenters. The van der Waals surface area contributed by atoms with Crippen molar-refractivity contribution in [1.29, 1.82) is 0 Å². The molecule has 2 amide bonds. The molecule has 0 radical (unpaired) electrons. The van der Waals surface area contributed by atoms with Gasteiger partial charge in [0.2, 0.25) is 5.91 Å². The second kappa shape index (κ2) is 13.6. The SMILES string of the molecule is CCC(CC)n1c(Cc2cccs2)nc2cc(C(=O)NC(CC(C)C)C(=O)NCc3ccc(OC)cc3)ccc21. The Labute approximate surface area is 241 Å². The Bertz CT molecular complexity index is 1410. The molecule has 4 rings (SSSR count). The van der Waals surface area contributed by atoms with Crippen LogP contribution in [0.3, 0.4) is 0 Å². The van der Waals surface area contributed by atoms with Crippen molar-refractivity contribution < 1.29 is 14.3 Å². The van der Waals surface area contributed by atoms with E-state index in [2.05, 4.69) is 46.6 Å². The lowest BCUT2D eigenvalue weighted by Gasteiger charge is -2.20. The largest absolute Gasteiger partial charge is 0.497 e. The standard InChI is InChI=1S/C32H40N4O3S/c1-6-24(7-2)36-29-15-12-23(18-27(29)34-30(36)19-26-9-8-16-40-26)31(37)35-28(17-21(3)4)32(38)33-20-22-10-13-25(39-5)14-11-22/h8-16,18,21,24,28H,6-7,17,19-20H2,1-5H3,(H,33,38)(H,35,37). The van der Waals surface area contributed by atoms with Gasteiger partial charge in [0, 0.05) is 29.4 Å². The summed E-state index contributed by atoms with van der Waals surface area (Å²) in [7, 11) is 1.62. The predicted octanol–water partition coefficient (Wildman–Crippen LogP) is 6.52. The average Bonchev–Trinajstić information content (AvgIpc) is 3.59. The molecule has 2 heterocycles. The number of carbonyl (C=O) groups excluding carboxylic acids is 2. The number of benzene rings is 2. The first-order chi connectivity index (χ1) is 19.3. The number of ether oxygens (including phenoxy) is 1. The third-order valence-electron chi connectivity index (χ3n) is 7.20. The summed E-state index contributed by atoms with van der Waals surface area (Å²) >= 11 is 1.73. The third kappa shape index (κ3) is 7.10. The first-order valence-corrected chi connectivity index (χ1v) is 15.0. The Morgan fingerprint density at radius 1 is 1.05 bits per heavy atom. The molecule has 0 saturated heterocycles. The predicted molar refractivity (Wildman–Crippen MR) is 162 cm³/mol. The molecule has 0 bridgehead atoms. The summed E-state index contributed by atoms with van der Waals surface area (Å²) in [5.74, 6) is 1.54. The van der Waals surface area contributed by atoms with Gasteiger partial charge in [0.05, 0.1) is 18.1 Å². The van der Waals surface area contributed by atoms with Gasteiger partial charge in [-0.1, -0.05) is 45.9 Å². The maximum Gasteiger partial charge on any atom is 0.252 e. The van der Waals surface area contributed by atoms with E-state index in [9.17, 15) is 9.59 Å². The highest BCUT2D eigenvalue weighted by molar-refractivity contribution is 7.09. The zero-order valence-corrected chi connectivity index (χ0v) is 24.9. The van der Waals surface area contributed by atoms with E-state index in [0.717, 1.165) is 47.4 Å². The quantitative estimate of drug-likeness (QED) is 0.195. The molecule has 8 heteroatoms. The minimum Gasteiger partial charge on any atom is -0.497 e. The fourth-order valence-corrected chi connectivity index (χ4v) is 5.75. The maximum atomic E-state index is 13.4. The zero-order valence-electron chi connectivity index (χ0n) is 24.1. The van der Waals surface area contributed by atoms with Crippen molar-refractivity contribution in [3.8, 4) is 5.75 Å². The summed E-state index contributed by atoms with van der Waals surface area (Å²) in [4.78, 5) is 32.8. The number of carbonyl (C=O) groups is 2. The lowest BCUT2D eigenvalue weighted by molar-refractivity contribution is -0.123. The fraction of sp³-hybridized carbons (Fsp3) is 0.406. The van der Waals surface area contributed by atoms with Gasteiger partial charge in [0.1, 0.15) is 17.6 Å². The summed E-state index contributed by atoms with van der Waals surface area (Å²) in [6.45, 7) is 8.86. The summed E-state index contributed by atoms with van der Waals surface area (Å²) in [6, 6.07) is 17.1. The molecule has 0 fully saturated rings. The molecular formula is C32H40N4O3S. The molecule has 2 aromatic heterocycles. The second-order valence-corrected chi connectivity index (χ2v) is 11.6. The van der Waals surface area contributed by atoms with Crippen molar-refractivity contribution in [1.82, 2.24) is 20.2 Å². The molecule has 1 unspecified atom stereocenters. The Morgan fingerprint density at radius 2 is 1.80 bits per heavy atom. The highest BCUT2D eigenvalue weighted by Crippen LogP contribution is 2.28. The van der Waals surface area contributed by atoms with Crippen molar-refractivity contribution >= 4 is 34.2 Å². The number of imidazole rings is 1. The van der Waals surface area contributed by atoms with E-state index in [1.807, 2.05) is 56.3 Å². The first-order valence-electron chi connectivity index (χ1n) is 14.1. The highest BCUT2D eigenvalue weighted by atomic mass is 32.1. The lowest BCUT2D eigenvalue weighted by Crippen LogP contribution is -2.47. The van der Waals surface area contributed by atoms with Crippen LogP contribution in [0, 0.1) is 5.92 Å². The van der Waals surface area contributed by atoms with E-state index in [1.165, 1.54) is 4.88 Å². The normalized spacial score (nSPS) is 12.2. The third-order valence-corrected chi connectivity index (χ3v) is 8.08. The van der Waals surface area contributed by atoms with E-state index >= 15 is 0 Å². The zero-order chi connectivity index (χ0) is 28.6. The van der Waals surface area contributed by atoms with Crippen LogP contribution in [-0.2, 0) is 17.8 Å². The number of rotatable bonds is 13. The molecule has 0 saturated carbocycles. The van der Waals surface area contributed by atoms with Gasteiger partial charge in [0.25, 0.3) is 5.91 Å². The van der Waals surface area contributed by atoms with Crippen LogP contribution in [-0.4, -0.2) is 34.5 Å². The van der Waals surface area contributed by atoms with Gasteiger partial charge in [-0.2, -0.15) is 0 Å². The van der Waals surface area contributed by atoms with Crippen LogP contribution in [0.25, 0.3) is 11.0 Å².